The molecule has 1 amide bonds. The second-order valence-electron chi connectivity index (χ2n) is 4.96. The summed E-state index contributed by atoms with van der Waals surface area (Å²) < 4.78 is 10.3. The van der Waals surface area contributed by atoms with Gasteiger partial charge in [0.1, 0.15) is 17.3 Å². The highest BCUT2D eigenvalue weighted by molar-refractivity contribution is 14.1. The second kappa shape index (κ2) is 9.59. The monoisotopic (exact) mass is 405 g/mol. The molecule has 0 spiro atoms. The minimum absolute atomic E-state index is 0.192. The van der Waals surface area contributed by atoms with E-state index in [0.29, 0.717) is 6.42 Å². The Bertz CT molecular complexity index is 450. The molecule has 0 aliphatic heterocycles. The molecule has 0 saturated heterocycles. The van der Waals surface area contributed by atoms with Crippen molar-refractivity contribution in [3.8, 4) is 0 Å². The molecule has 1 aromatic carbocycles. The molecule has 1 atom stereocenters. The van der Waals surface area contributed by atoms with Gasteiger partial charge in [-0.1, -0.05) is 44.2 Å². The number of amides is 1. The zero-order valence-electron chi connectivity index (χ0n) is 12.2. The van der Waals surface area contributed by atoms with Crippen LogP contribution >= 0.6 is 22.6 Å². The lowest BCUT2D eigenvalue weighted by Crippen LogP contribution is -2.42. The molecular formula is C15H20INO4. The molecule has 0 aromatic heterocycles. The Balaban J connectivity index is 2.56. The van der Waals surface area contributed by atoms with Crippen molar-refractivity contribution in [2.45, 2.75) is 32.9 Å². The molecule has 1 rings (SSSR count). The number of alkyl carbamates (subject to hydrolysis) is 1. The van der Waals surface area contributed by atoms with Crippen molar-refractivity contribution < 1.29 is 19.1 Å². The van der Waals surface area contributed by atoms with Crippen molar-refractivity contribution in [3.63, 3.8) is 0 Å². The first-order chi connectivity index (χ1) is 10.0. The molecular weight excluding hydrogens is 385 g/mol. The van der Waals surface area contributed by atoms with E-state index < -0.39 is 18.1 Å². The average Bonchev–Trinajstić information content (AvgIpc) is 2.45. The van der Waals surface area contributed by atoms with Gasteiger partial charge in [-0.05, 0) is 40.5 Å². The topological polar surface area (TPSA) is 64.6 Å². The van der Waals surface area contributed by atoms with E-state index in [0.717, 1.165) is 5.56 Å². The number of alkyl halides is 1. The Kier molecular flexibility index (Phi) is 8.11. The number of benzene rings is 1. The first-order valence-corrected chi connectivity index (χ1v) is 8.25. The van der Waals surface area contributed by atoms with Crippen LogP contribution in [0.1, 0.15) is 25.8 Å². The number of carbonyl (C=O) groups is 2. The van der Waals surface area contributed by atoms with Crippen molar-refractivity contribution in [1.29, 1.82) is 0 Å². The van der Waals surface area contributed by atoms with Gasteiger partial charge in [0, 0.05) is 0 Å². The number of halogens is 1. The number of rotatable bonds is 7. The zero-order chi connectivity index (χ0) is 15.7. The lowest BCUT2D eigenvalue weighted by molar-refractivity contribution is -0.147. The number of nitrogens with one attached hydrogen (secondary N) is 1. The first kappa shape index (κ1) is 17.7. The SMILES string of the molecule is CC(C)C[C@H](NC(=O)OCI)C(=O)OCc1ccccc1. The van der Waals surface area contributed by atoms with Gasteiger partial charge in [0.05, 0.1) is 0 Å². The third-order valence-corrected chi connectivity index (χ3v) is 3.00. The van der Waals surface area contributed by atoms with Crippen LogP contribution in [-0.4, -0.2) is 22.7 Å². The van der Waals surface area contributed by atoms with Gasteiger partial charge < -0.3 is 14.8 Å². The Morgan fingerprint density at radius 1 is 1.19 bits per heavy atom. The van der Waals surface area contributed by atoms with E-state index in [1.807, 2.05) is 66.8 Å². The summed E-state index contributed by atoms with van der Waals surface area (Å²) in [4.78, 5) is 23.6. The highest BCUT2D eigenvalue weighted by Crippen LogP contribution is 2.09. The van der Waals surface area contributed by atoms with Crippen LogP contribution in [0.5, 0.6) is 0 Å². The summed E-state index contributed by atoms with van der Waals surface area (Å²) in [6.07, 6.45) is -0.101. The Hall–Kier alpha value is -1.31. The third kappa shape index (κ3) is 7.31. The highest BCUT2D eigenvalue weighted by Gasteiger charge is 2.24. The smallest absolute Gasteiger partial charge is 0.408 e. The van der Waals surface area contributed by atoms with Crippen molar-refractivity contribution in [2.75, 3.05) is 4.61 Å². The van der Waals surface area contributed by atoms with Gasteiger partial charge in [0.25, 0.3) is 0 Å². The fourth-order valence-corrected chi connectivity index (χ4v) is 2.03. The number of hydrogen-bond donors (Lipinski definition) is 1. The summed E-state index contributed by atoms with van der Waals surface area (Å²) in [5.41, 5.74) is 0.906. The molecule has 0 aliphatic carbocycles. The summed E-state index contributed by atoms with van der Waals surface area (Å²) in [5.74, 6) is -0.197. The van der Waals surface area contributed by atoms with E-state index in [9.17, 15) is 9.59 Å². The normalized spacial score (nSPS) is 11.8. The lowest BCUT2D eigenvalue weighted by atomic mass is 10.0. The van der Waals surface area contributed by atoms with Gasteiger partial charge in [0.15, 0.2) is 0 Å². The fraction of sp³-hybridized carbons (Fsp3) is 0.467. The predicted molar refractivity (Wildman–Crippen MR) is 88.0 cm³/mol. The van der Waals surface area contributed by atoms with Crippen LogP contribution in [0, 0.1) is 5.92 Å². The summed E-state index contributed by atoms with van der Waals surface area (Å²) in [6.45, 7) is 4.14. The molecule has 0 heterocycles. The molecule has 6 heteroatoms. The van der Waals surface area contributed by atoms with Crippen LogP contribution in [0.15, 0.2) is 30.3 Å². The van der Waals surface area contributed by atoms with E-state index >= 15 is 0 Å². The molecule has 1 N–H and O–H groups in total. The van der Waals surface area contributed by atoms with Crippen LogP contribution in [0.25, 0.3) is 0 Å². The quantitative estimate of drug-likeness (QED) is 0.430. The number of hydrogen-bond acceptors (Lipinski definition) is 4. The fourth-order valence-electron chi connectivity index (χ4n) is 1.75. The number of esters is 1. The van der Waals surface area contributed by atoms with Crippen LogP contribution in [0.3, 0.4) is 0 Å². The van der Waals surface area contributed by atoms with Gasteiger partial charge in [-0.15, -0.1) is 0 Å². The number of carbonyl (C=O) groups excluding carboxylic acids is 2. The molecule has 5 nitrogen and oxygen atoms in total. The van der Waals surface area contributed by atoms with Gasteiger partial charge >= 0.3 is 12.1 Å². The molecule has 0 aliphatic rings. The largest absolute Gasteiger partial charge is 0.459 e. The molecule has 21 heavy (non-hydrogen) atoms. The van der Waals surface area contributed by atoms with Crippen LogP contribution in [0.4, 0.5) is 4.79 Å². The summed E-state index contributed by atoms with van der Waals surface area (Å²) >= 11 is 1.92. The standard InChI is InChI=1S/C15H20INO4/c1-11(2)8-13(17-15(19)21-10-16)14(18)20-9-12-6-4-3-5-7-12/h3-7,11,13H,8-10H2,1-2H3,(H,17,19)/t13-/m0/s1. The van der Waals surface area contributed by atoms with Gasteiger partial charge in [-0.2, -0.15) is 0 Å². The summed E-state index contributed by atoms with van der Waals surface area (Å²) in [7, 11) is 0. The van der Waals surface area contributed by atoms with E-state index in [-0.39, 0.29) is 17.1 Å². The minimum atomic E-state index is -0.691. The molecule has 116 valence electrons. The van der Waals surface area contributed by atoms with Crippen molar-refractivity contribution >= 4 is 34.7 Å². The van der Waals surface area contributed by atoms with Gasteiger partial charge in [-0.3, -0.25) is 0 Å². The zero-order valence-corrected chi connectivity index (χ0v) is 14.3. The lowest BCUT2D eigenvalue weighted by Gasteiger charge is -2.18. The third-order valence-electron chi connectivity index (χ3n) is 2.69. The maximum absolute atomic E-state index is 12.1. The van der Waals surface area contributed by atoms with E-state index in [1.165, 1.54) is 0 Å². The molecule has 0 unspecified atom stereocenters. The molecule has 0 fully saturated rings. The van der Waals surface area contributed by atoms with Crippen molar-refractivity contribution in [2.24, 2.45) is 5.92 Å². The Labute approximate surface area is 138 Å². The van der Waals surface area contributed by atoms with Crippen LogP contribution < -0.4 is 5.32 Å². The van der Waals surface area contributed by atoms with Crippen molar-refractivity contribution in [1.82, 2.24) is 5.32 Å². The van der Waals surface area contributed by atoms with Crippen molar-refractivity contribution in [3.05, 3.63) is 35.9 Å². The minimum Gasteiger partial charge on any atom is -0.459 e. The van der Waals surface area contributed by atoms with E-state index in [1.54, 1.807) is 0 Å². The highest BCUT2D eigenvalue weighted by atomic mass is 127. The van der Waals surface area contributed by atoms with Gasteiger partial charge in [-0.25, -0.2) is 9.59 Å². The van der Waals surface area contributed by atoms with Crippen LogP contribution in [-0.2, 0) is 20.9 Å². The van der Waals surface area contributed by atoms with Crippen LogP contribution in [0.2, 0.25) is 0 Å². The maximum Gasteiger partial charge on any atom is 0.408 e. The predicted octanol–water partition coefficient (Wildman–Crippen LogP) is 3.26. The Morgan fingerprint density at radius 3 is 2.43 bits per heavy atom. The van der Waals surface area contributed by atoms with E-state index in [4.69, 9.17) is 9.47 Å². The number of ether oxygens (including phenoxy) is 2. The first-order valence-electron chi connectivity index (χ1n) is 6.72. The van der Waals surface area contributed by atoms with E-state index in [2.05, 4.69) is 5.32 Å². The molecule has 0 saturated carbocycles. The maximum atomic E-state index is 12.1. The van der Waals surface area contributed by atoms with Gasteiger partial charge in [0.2, 0.25) is 0 Å². The molecule has 0 radical (unpaired) electrons. The summed E-state index contributed by atoms with van der Waals surface area (Å²) in [5, 5.41) is 2.54. The molecule has 0 bridgehead atoms. The summed E-state index contributed by atoms with van der Waals surface area (Å²) in [6, 6.07) is 8.72. The molecule has 1 aromatic rings. The Morgan fingerprint density at radius 2 is 1.86 bits per heavy atom. The average molecular weight is 405 g/mol. The second-order valence-corrected chi connectivity index (χ2v) is 5.58.